The van der Waals surface area contributed by atoms with Crippen LogP contribution < -0.4 is 10.2 Å². The van der Waals surface area contributed by atoms with Crippen molar-refractivity contribution in [2.24, 2.45) is 5.92 Å². The quantitative estimate of drug-likeness (QED) is 0.641. The Bertz CT molecular complexity index is 456. The standard InChI is InChI=1S/C15H23N3O2/c1-12(2)10-17(11-13-5-4-8-16-13)14-6-3-7-15(9-14)18(19)20/h3,6-7,9,12-13,16H,4-5,8,10-11H2,1-2H3. The predicted octanol–water partition coefficient (Wildman–Crippen LogP) is 2.81. The molecule has 5 heteroatoms. The van der Waals surface area contributed by atoms with Crippen LogP contribution in [0.5, 0.6) is 0 Å². The highest BCUT2D eigenvalue weighted by Gasteiger charge is 2.20. The van der Waals surface area contributed by atoms with Crippen LogP contribution in [-0.2, 0) is 0 Å². The van der Waals surface area contributed by atoms with Gasteiger partial charge in [-0.1, -0.05) is 19.9 Å². The molecule has 1 aromatic carbocycles. The summed E-state index contributed by atoms with van der Waals surface area (Å²) in [6.07, 6.45) is 2.40. The van der Waals surface area contributed by atoms with E-state index in [0.29, 0.717) is 12.0 Å². The highest BCUT2D eigenvalue weighted by Crippen LogP contribution is 2.23. The van der Waals surface area contributed by atoms with Gasteiger partial charge >= 0.3 is 0 Å². The summed E-state index contributed by atoms with van der Waals surface area (Å²) in [4.78, 5) is 12.9. The van der Waals surface area contributed by atoms with Crippen molar-refractivity contribution in [1.82, 2.24) is 5.32 Å². The number of benzene rings is 1. The van der Waals surface area contributed by atoms with Crippen LogP contribution in [0, 0.1) is 16.0 Å². The number of hydrogen-bond donors (Lipinski definition) is 1. The minimum absolute atomic E-state index is 0.163. The summed E-state index contributed by atoms with van der Waals surface area (Å²) in [7, 11) is 0. The number of anilines is 1. The summed E-state index contributed by atoms with van der Waals surface area (Å²) >= 11 is 0. The molecule has 1 aliphatic heterocycles. The molecule has 5 nitrogen and oxygen atoms in total. The first-order valence-corrected chi connectivity index (χ1v) is 7.29. The zero-order valence-corrected chi connectivity index (χ0v) is 12.2. The van der Waals surface area contributed by atoms with Crippen molar-refractivity contribution >= 4 is 11.4 Å². The van der Waals surface area contributed by atoms with Gasteiger partial charge in [0.05, 0.1) is 4.92 Å². The number of rotatable bonds is 6. The van der Waals surface area contributed by atoms with E-state index >= 15 is 0 Å². The molecule has 20 heavy (non-hydrogen) atoms. The van der Waals surface area contributed by atoms with Gasteiger partial charge in [0.1, 0.15) is 0 Å². The molecule has 1 saturated heterocycles. The van der Waals surface area contributed by atoms with Crippen LogP contribution in [0.15, 0.2) is 24.3 Å². The van der Waals surface area contributed by atoms with Gasteiger partial charge in [-0.3, -0.25) is 10.1 Å². The minimum Gasteiger partial charge on any atom is -0.370 e. The monoisotopic (exact) mass is 277 g/mol. The summed E-state index contributed by atoms with van der Waals surface area (Å²) in [6.45, 7) is 7.26. The second kappa shape index (κ2) is 6.70. The van der Waals surface area contributed by atoms with E-state index in [4.69, 9.17) is 0 Å². The molecule has 2 rings (SSSR count). The Kier molecular flexibility index (Phi) is 4.95. The Hall–Kier alpha value is -1.62. The molecule has 0 aromatic heterocycles. The van der Waals surface area contributed by atoms with Crippen molar-refractivity contribution in [2.45, 2.75) is 32.7 Å². The first-order chi connectivity index (χ1) is 9.56. The molecule has 1 heterocycles. The maximum Gasteiger partial charge on any atom is 0.271 e. The fourth-order valence-electron chi connectivity index (χ4n) is 2.71. The van der Waals surface area contributed by atoms with Crippen LogP contribution in [0.1, 0.15) is 26.7 Å². The number of nitro benzene ring substituents is 1. The lowest BCUT2D eigenvalue weighted by Crippen LogP contribution is -2.39. The normalized spacial score (nSPS) is 18.4. The number of nitro groups is 1. The lowest BCUT2D eigenvalue weighted by Gasteiger charge is -2.29. The Morgan fingerprint density at radius 3 is 2.90 bits per heavy atom. The van der Waals surface area contributed by atoms with Gasteiger partial charge in [-0.15, -0.1) is 0 Å². The van der Waals surface area contributed by atoms with E-state index in [0.717, 1.165) is 25.3 Å². The van der Waals surface area contributed by atoms with E-state index in [9.17, 15) is 10.1 Å². The first-order valence-electron chi connectivity index (χ1n) is 7.29. The minimum atomic E-state index is -0.328. The third-order valence-electron chi connectivity index (χ3n) is 3.59. The molecule has 0 amide bonds. The zero-order valence-electron chi connectivity index (χ0n) is 12.2. The van der Waals surface area contributed by atoms with Crippen molar-refractivity contribution < 1.29 is 4.92 Å². The Morgan fingerprint density at radius 2 is 2.30 bits per heavy atom. The Labute approximate surface area is 120 Å². The molecule has 1 fully saturated rings. The van der Waals surface area contributed by atoms with Crippen LogP contribution >= 0.6 is 0 Å². The van der Waals surface area contributed by atoms with Gasteiger partial charge in [-0.25, -0.2) is 0 Å². The Balaban J connectivity index is 2.15. The second-order valence-electron chi connectivity index (χ2n) is 5.87. The SMILES string of the molecule is CC(C)CN(CC1CCCN1)c1cccc([N+](=O)[O-])c1. The molecule has 0 aliphatic carbocycles. The predicted molar refractivity (Wildman–Crippen MR) is 81.2 cm³/mol. The Morgan fingerprint density at radius 1 is 1.50 bits per heavy atom. The van der Waals surface area contributed by atoms with Gasteiger partial charge < -0.3 is 10.2 Å². The highest BCUT2D eigenvalue weighted by atomic mass is 16.6. The topological polar surface area (TPSA) is 58.4 Å². The average molecular weight is 277 g/mol. The summed E-state index contributed by atoms with van der Waals surface area (Å²) < 4.78 is 0. The summed E-state index contributed by atoms with van der Waals surface area (Å²) in [5.74, 6) is 0.524. The van der Waals surface area contributed by atoms with Crippen LogP contribution in [0.25, 0.3) is 0 Å². The smallest absolute Gasteiger partial charge is 0.271 e. The van der Waals surface area contributed by atoms with E-state index in [-0.39, 0.29) is 10.6 Å². The second-order valence-corrected chi connectivity index (χ2v) is 5.87. The molecule has 0 saturated carbocycles. The van der Waals surface area contributed by atoms with Crippen molar-refractivity contribution in [3.63, 3.8) is 0 Å². The average Bonchev–Trinajstić information content (AvgIpc) is 2.90. The molecule has 0 bridgehead atoms. The van der Waals surface area contributed by atoms with Gasteiger partial charge in [0.25, 0.3) is 5.69 Å². The molecule has 110 valence electrons. The molecule has 1 N–H and O–H groups in total. The van der Waals surface area contributed by atoms with Crippen molar-refractivity contribution in [3.8, 4) is 0 Å². The third kappa shape index (κ3) is 3.93. The van der Waals surface area contributed by atoms with Gasteiger partial charge in [-0.05, 0) is 31.4 Å². The van der Waals surface area contributed by atoms with Crippen LogP contribution in [0.3, 0.4) is 0 Å². The summed E-state index contributed by atoms with van der Waals surface area (Å²) in [5.41, 5.74) is 1.11. The molecular weight excluding hydrogens is 254 g/mol. The molecule has 0 spiro atoms. The molecule has 1 aliphatic rings. The molecule has 1 aromatic rings. The molecule has 1 atom stereocenters. The summed E-state index contributed by atoms with van der Waals surface area (Å²) in [5, 5.41) is 14.4. The van der Waals surface area contributed by atoms with Crippen LogP contribution in [0.4, 0.5) is 11.4 Å². The molecule has 0 radical (unpaired) electrons. The highest BCUT2D eigenvalue weighted by molar-refractivity contribution is 5.53. The van der Waals surface area contributed by atoms with E-state index in [1.165, 1.54) is 12.8 Å². The maximum absolute atomic E-state index is 10.9. The summed E-state index contributed by atoms with van der Waals surface area (Å²) in [6, 6.07) is 7.45. The van der Waals surface area contributed by atoms with Crippen molar-refractivity contribution in [1.29, 1.82) is 0 Å². The van der Waals surface area contributed by atoms with Gasteiger partial charge in [0, 0.05) is 37.0 Å². The molecular formula is C15H23N3O2. The lowest BCUT2D eigenvalue weighted by atomic mass is 10.1. The number of nitrogens with zero attached hydrogens (tertiary/aromatic N) is 2. The van der Waals surface area contributed by atoms with E-state index < -0.39 is 0 Å². The first kappa shape index (κ1) is 14.8. The van der Waals surface area contributed by atoms with Crippen molar-refractivity contribution in [3.05, 3.63) is 34.4 Å². The lowest BCUT2D eigenvalue weighted by molar-refractivity contribution is -0.384. The van der Waals surface area contributed by atoms with Crippen LogP contribution in [-0.4, -0.2) is 30.6 Å². The van der Waals surface area contributed by atoms with E-state index in [2.05, 4.69) is 24.1 Å². The van der Waals surface area contributed by atoms with Crippen LogP contribution in [0.2, 0.25) is 0 Å². The maximum atomic E-state index is 10.9. The fraction of sp³-hybridized carbons (Fsp3) is 0.600. The number of non-ortho nitro benzene ring substituents is 1. The number of nitrogens with one attached hydrogen (secondary N) is 1. The van der Waals surface area contributed by atoms with Gasteiger partial charge in [0.2, 0.25) is 0 Å². The van der Waals surface area contributed by atoms with Gasteiger partial charge in [-0.2, -0.15) is 0 Å². The fourth-order valence-corrected chi connectivity index (χ4v) is 2.71. The largest absolute Gasteiger partial charge is 0.370 e. The van der Waals surface area contributed by atoms with Gasteiger partial charge in [0.15, 0.2) is 0 Å². The van der Waals surface area contributed by atoms with E-state index in [1.807, 2.05) is 6.07 Å². The zero-order chi connectivity index (χ0) is 14.5. The third-order valence-corrected chi connectivity index (χ3v) is 3.59. The molecule has 1 unspecified atom stereocenters. The van der Waals surface area contributed by atoms with Crippen molar-refractivity contribution in [2.75, 3.05) is 24.5 Å². The van der Waals surface area contributed by atoms with E-state index in [1.54, 1.807) is 18.2 Å². The number of hydrogen-bond acceptors (Lipinski definition) is 4.